The molecular formula is C95H173N15O8. The van der Waals surface area contributed by atoms with E-state index in [-0.39, 0.29) is 44.6 Å². The third-order valence-corrected chi connectivity index (χ3v) is 23.8. The topological polar surface area (TPSA) is 271 Å². The minimum atomic E-state index is -0.418. The van der Waals surface area contributed by atoms with E-state index >= 15 is 0 Å². The van der Waals surface area contributed by atoms with Crippen LogP contribution in [0, 0.1) is 91.8 Å². The molecule has 7 rings (SSSR count). The number of carbonyl (C=O) groups is 2. The molecule has 3 aliphatic carbocycles. The Hall–Kier alpha value is -6.42. The smallest absolute Gasteiger partial charge is 0.336 e. The zero-order valence-electron chi connectivity index (χ0n) is 79.8. The van der Waals surface area contributed by atoms with Crippen molar-refractivity contribution in [1.82, 2.24) is 72.8 Å². The zero-order valence-corrected chi connectivity index (χ0v) is 79.8. The lowest BCUT2D eigenvalue weighted by atomic mass is 9.61. The summed E-state index contributed by atoms with van der Waals surface area (Å²) in [4.78, 5) is 132. The Morgan fingerprint density at radius 1 is 0.305 bits per heavy atom. The molecule has 676 valence electrons. The second-order valence-corrected chi connectivity index (χ2v) is 40.0. The maximum Gasteiger partial charge on any atom is 0.336 e. The summed E-state index contributed by atoms with van der Waals surface area (Å²) < 4.78 is 8.34. The van der Waals surface area contributed by atoms with Gasteiger partial charge in [0, 0.05) is 58.9 Å². The highest BCUT2D eigenvalue weighted by Crippen LogP contribution is 2.52. The molecule has 0 aromatic carbocycles. The van der Waals surface area contributed by atoms with E-state index in [4.69, 9.17) is 0 Å². The number of unbranched alkanes of at least 4 members (excludes halogenated alkanes) is 24. The number of rotatable bonds is 42. The molecule has 23 nitrogen and oxygen atoms in total. The van der Waals surface area contributed by atoms with Crippen molar-refractivity contribution in [2.24, 2.45) is 50.2 Å². The molecule has 23 heteroatoms. The van der Waals surface area contributed by atoms with Gasteiger partial charge in [-0.2, -0.15) is 0 Å². The van der Waals surface area contributed by atoms with Gasteiger partial charge in [0.25, 0.3) is 0 Å². The van der Waals surface area contributed by atoms with Crippen molar-refractivity contribution >= 4 is 12.1 Å². The van der Waals surface area contributed by atoms with Crippen LogP contribution < -0.4 is 44.8 Å². The van der Waals surface area contributed by atoms with E-state index in [0.29, 0.717) is 76.7 Å². The van der Waals surface area contributed by atoms with E-state index in [1.165, 1.54) is 109 Å². The number of nitrogens with zero attached hydrogens (tertiary/aromatic N) is 13. The summed E-state index contributed by atoms with van der Waals surface area (Å²) in [6, 6.07) is -0.482. The molecular weight excluding hydrogens is 1480 g/mol. The molecule has 4 heterocycles. The lowest BCUT2D eigenvalue weighted by Gasteiger charge is -2.47. The van der Waals surface area contributed by atoms with Crippen molar-refractivity contribution in [2.75, 3.05) is 19.6 Å². The SMILES string of the molecule is CC1CC(C)(C)CC(C)(Cn2c(=O)n(CC3(C)CC(C)CC(C)(C)C3)c(=O)n(CC3(C)CC(C)CC(C)(C)C3)c2=O)C1.CCCCCCCNC(=O)N(CCCCCCC)C(=O)NCCCCCCC.CCCCCCCn1c(=O)n(CCCCCCC)c(=O)n(CCCCCCC)c1=O.Cc1nc(C)nc(C)n1.Cc1nc(C)nc(C)n1. The quantitative estimate of drug-likeness (QED) is 0.0391. The fourth-order valence-electron chi connectivity index (χ4n) is 20.7. The average molecular weight is 1650 g/mol. The highest BCUT2D eigenvalue weighted by atomic mass is 16.2. The van der Waals surface area contributed by atoms with Crippen LogP contribution in [0.4, 0.5) is 9.59 Å². The first-order valence-corrected chi connectivity index (χ1v) is 47.1. The second-order valence-electron chi connectivity index (χ2n) is 40.0. The third-order valence-electron chi connectivity index (χ3n) is 23.8. The van der Waals surface area contributed by atoms with Crippen LogP contribution >= 0.6 is 0 Å². The van der Waals surface area contributed by atoms with Gasteiger partial charge in [0.1, 0.15) is 34.9 Å². The first kappa shape index (κ1) is 106. The molecule has 0 bridgehead atoms. The molecule has 0 aliphatic heterocycles. The van der Waals surface area contributed by atoms with Crippen LogP contribution in [-0.4, -0.2) is 93.9 Å². The summed E-state index contributed by atoms with van der Waals surface area (Å²) in [5.41, 5.74) is -2.56. The number of imide groups is 1. The van der Waals surface area contributed by atoms with Gasteiger partial charge in [-0.25, -0.2) is 101 Å². The zero-order chi connectivity index (χ0) is 88.5. The van der Waals surface area contributed by atoms with Crippen molar-refractivity contribution in [1.29, 1.82) is 0 Å². The van der Waals surface area contributed by atoms with Crippen LogP contribution in [0.25, 0.3) is 0 Å². The third kappa shape index (κ3) is 39.6. The van der Waals surface area contributed by atoms with Gasteiger partial charge in [0.2, 0.25) is 0 Å². The van der Waals surface area contributed by atoms with Gasteiger partial charge in [-0.15, -0.1) is 0 Å². The minimum Gasteiger partial charge on any atom is -0.338 e. The Bertz CT molecular complexity index is 3460. The van der Waals surface area contributed by atoms with Crippen molar-refractivity contribution < 1.29 is 9.59 Å². The Balaban J connectivity index is 0.000000419. The minimum absolute atomic E-state index is 0.151. The molecule has 6 unspecified atom stereocenters. The van der Waals surface area contributed by atoms with Gasteiger partial charge >= 0.3 is 46.2 Å². The van der Waals surface area contributed by atoms with E-state index < -0.39 is 34.1 Å². The van der Waals surface area contributed by atoms with Crippen LogP contribution in [0.5, 0.6) is 0 Å². The Morgan fingerprint density at radius 2 is 0.508 bits per heavy atom. The summed E-state index contributed by atoms with van der Waals surface area (Å²) in [5.74, 6) is 6.33. The maximum atomic E-state index is 14.3. The lowest BCUT2D eigenvalue weighted by Crippen LogP contribution is -2.59. The van der Waals surface area contributed by atoms with Crippen molar-refractivity contribution in [2.45, 2.75) is 456 Å². The molecule has 3 fully saturated rings. The molecule has 0 radical (unpaired) electrons. The van der Waals surface area contributed by atoms with E-state index in [2.05, 4.69) is 165 Å². The molecule has 118 heavy (non-hydrogen) atoms. The summed E-state index contributed by atoms with van der Waals surface area (Å²) >= 11 is 0. The molecule has 0 saturated heterocycles. The first-order chi connectivity index (χ1) is 55.6. The number of aryl methyl sites for hydroxylation is 6. The number of aromatic nitrogens is 12. The van der Waals surface area contributed by atoms with Crippen LogP contribution in [0.15, 0.2) is 28.8 Å². The van der Waals surface area contributed by atoms with Crippen LogP contribution in [0.1, 0.15) is 410 Å². The predicted molar refractivity (Wildman–Crippen MR) is 487 cm³/mol. The van der Waals surface area contributed by atoms with Crippen LogP contribution in [-0.2, 0) is 39.3 Å². The number of hydrogen-bond donors (Lipinski definition) is 2. The molecule has 4 aromatic rings. The number of nitrogens with one attached hydrogen (secondary N) is 2. The molecule has 3 saturated carbocycles. The fourth-order valence-corrected chi connectivity index (χ4v) is 20.7. The Kier molecular flexibility index (Phi) is 47.9. The van der Waals surface area contributed by atoms with E-state index in [1.807, 2.05) is 41.5 Å². The number of urea groups is 2. The molecule has 4 amide bonds. The molecule has 3 aliphatic rings. The predicted octanol–water partition coefficient (Wildman–Crippen LogP) is 21.0. The first-order valence-electron chi connectivity index (χ1n) is 47.1. The number of carbonyl (C=O) groups excluding carboxylic acids is 2. The summed E-state index contributed by atoms with van der Waals surface area (Å²) in [6.07, 6.45) is 42.2. The molecule has 6 atom stereocenters. The largest absolute Gasteiger partial charge is 0.338 e. The van der Waals surface area contributed by atoms with Gasteiger partial charge in [-0.1, -0.05) is 279 Å². The summed E-state index contributed by atoms with van der Waals surface area (Å²) in [7, 11) is 0. The monoisotopic (exact) mass is 1650 g/mol. The molecule has 0 spiro atoms. The van der Waals surface area contributed by atoms with Gasteiger partial charge in [-0.3, -0.25) is 0 Å². The highest BCUT2D eigenvalue weighted by Gasteiger charge is 2.45. The van der Waals surface area contributed by atoms with Gasteiger partial charge in [0.15, 0.2) is 0 Å². The highest BCUT2D eigenvalue weighted by molar-refractivity contribution is 5.93. The molecule has 2 N–H and O–H groups in total. The van der Waals surface area contributed by atoms with E-state index in [1.54, 1.807) is 0 Å². The lowest BCUT2D eigenvalue weighted by molar-refractivity contribution is 0.0324. The summed E-state index contributed by atoms with van der Waals surface area (Å²) in [6.45, 7) is 55.9. The van der Waals surface area contributed by atoms with Crippen LogP contribution in [0.3, 0.4) is 0 Å². The van der Waals surface area contributed by atoms with Gasteiger partial charge in [0.05, 0.1) is 0 Å². The second kappa shape index (κ2) is 53.5. The van der Waals surface area contributed by atoms with Crippen molar-refractivity contribution in [3.8, 4) is 0 Å². The number of amides is 4. The van der Waals surface area contributed by atoms with Crippen molar-refractivity contribution in [3.63, 3.8) is 0 Å². The van der Waals surface area contributed by atoms with E-state index in [9.17, 15) is 38.4 Å². The normalized spacial score (nSPS) is 20.4. The molecule has 4 aromatic heterocycles. The Labute approximate surface area is 714 Å². The fraction of sp³-hybridized carbons (Fsp3) is 0.853. The maximum absolute atomic E-state index is 14.3. The van der Waals surface area contributed by atoms with Gasteiger partial charge in [-0.05, 0) is 188 Å². The van der Waals surface area contributed by atoms with Crippen LogP contribution in [0.2, 0.25) is 0 Å². The standard InChI is InChI=1S/C36H63N3O3.C24H45N3O3.C23H47N3O2.2C6H9N3/c1-25-13-31(4,5)19-34(10,16-25)22-37-28(40)38(23-35(11)17-26(2)14-32(6,7)20-35)30(42)39(29(37)41)24-36(12)18-27(3)15-33(8,9)21-36;1-4-7-10-13-16-19-25-22(28)26(20-17-14-11-8-5-2)24(30)27(23(25)29)21-18-15-12-9-6-3;1-4-7-10-13-16-19-24-22(27)26(21-18-15-12-9-6-3)23(28)25-20-17-14-11-8-5-2;2*1-4-7-5(2)9-6(3)8-4/h25-27H,13-24H2,1-12H3;4-21H2,1-3H3;4-21H2,1-3H3,(H,24,27)(H,25,28);2*1-3H3. The average Bonchev–Trinajstić information content (AvgIpc) is 0.747. The van der Waals surface area contributed by atoms with Gasteiger partial charge < -0.3 is 10.6 Å². The summed E-state index contributed by atoms with van der Waals surface area (Å²) in [5, 5.41) is 5.87. The van der Waals surface area contributed by atoms with E-state index in [0.717, 1.165) is 208 Å². The Morgan fingerprint density at radius 3 is 0.729 bits per heavy atom. The number of hydrogen-bond acceptors (Lipinski definition) is 14. The van der Waals surface area contributed by atoms with Crippen molar-refractivity contribution in [3.05, 3.63) is 97.9 Å².